The molecule has 0 aromatic heterocycles. The third kappa shape index (κ3) is 4.69. The van der Waals surface area contributed by atoms with Gasteiger partial charge in [-0.1, -0.05) is 18.2 Å². The van der Waals surface area contributed by atoms with Crippen LogP contribution in [0.15, 0.2) is 47.4 Å². The molecule has 0 unspecified atom stereocenters. The van der Waals surface area contributed by atoms with E-state index in [1.54, 1.807) is 17.9 Å². The van der Waals surface area contributed by atoms with Gasteiger partial charge in [0.1, 0.15) is 0 Å². The first-order valence-corrected chi connectivity index (χ1v) is 12.2. The van der Waals surface area contributed by atoms with Gasteiger partial charge in [-0.3, -0.25) is 9.59 Å². The summed E-state index contributed by atoms with van der Waals surface area (Å²) in [4.78, 5) is 26.6. The minimum Gasteiger partial charge on any atom is -0.379 e. The summed E-state index contributed by atoms with van der Waals surface area (Å²) in [6.45, 7) is 4.15. The maximum Gasteiger partial charge on any atom is 0.251 e. The lowest BCUT2D eigenvalue weighted by Gasteiger charge is -2.26. The molecule has 170 valence electrons. The average Bonchev–Trinajstić information content (AvgIpc) is 3.24. The summed E-state index contributed by atoms with van der Waals surface area (Å²) < 4.78 is 32.5. The number of sulfonamides is 1. The zero-order valence-corrected chi connectivity index (χ0v) is 18.9. The molecule has 2 aliphatic rings. The topological polar surface area (TPSA) is 96.0 Å². The number of hydrogen-bond donors (Lipinski definition) is 1. The molecule has 8 nitrogen and oxygen atoms in total. The van der Waals surface area contributed by atoms with E-state index in [-0.39, 0.29) is 16.7 Å². The third-order valence-corrected chi connectivity index (χ3v) is 7.73. The zero-order chi connectivity index (χ0) is 22.7. The Labute approximate surface area is 188 Å². The number of nitrogens with one attached hydrogen (secondary N) is 1. The fraction of sp³-hybridized carbons (Fsp3) is 0.391. The SMILES string of the molecule is Cc1ccc(S(=O)(=O)N2CCOCC2)cc1C(=O)NCc1ccc(N2CCCC2=O)cc1. The lowest BCUT2D eigenvalue weighted by atomic mass is 10.1. The molecule has 2 aliphatic heterocycles. The number of carbonyl (C=O) groups is 2. The second-order valence-corrected chi connectivity index (χ2v) is 9.93. The van der Waals surface area contributed by atoms with E-state index in [0.717, 1.165) is 24.2 Å². The number of morpholine rings is 1. The largest absolute Gasteiger partial charge is 0.379 e. The van der Waals surface area contributed by atoms with Gasteiger partial charge in [0.2, 0.25) is 15.9 Å². The molecule has 2 heterocycles. The van der Waals surface area contributed by atoms with E-state index in [9.17, 15) is 18.0 Å². The molecule has 4 rings (SSSR count). The van der Waals surface area contributed by atoms with Gasteiger partial charge in [0.05, 0.1) is 18.1 Å². The van der Waals surface area contributed by atoms with Gasteiger partial charge in [-0.2, -0.15) is 4.31 Å². The Morgan fingerprint density at radius 1 is 1.06 bits per heavy atom. The summed E-state index contributed by atoms with van der Waals surface area (Å²) >= 11 is 0. The molecule has 2 aromatic carbocycles. The van der Waals surface area contributed by atoms with E-state index >= 15 is 0 Å². The highest BCUT2D eigenvalue weighted by Crippen LogP contribution is 2.23. The van der Waals surface area contributed by atoms with Gasteiger partial charge in [-0.05, 0) is 48.7 Å². The Morgan fingerprint density at radius 2 is 1.78 bits per heavy atom. The molecule has 32 heavy (non-hydrogen) atoms. The highest BCUT2D eigenvalue weighted by Gasteiger charge is 2.27. The molecule has 9 heteroatoms. The fourth-order valence-electron chi connectivity index (χ4n) is 3.93. The molecule has 0 aliphatic carbocycles. The number of rotatable bonds is 6. The normalized spacial score (nSPS) is 17.5. The number of aryl methyl sites for hydroxylation is 1. The van der Waals surface area contributed by atoms with Crippen molar-refractivity contribution in [3.63, 3.8) is 0 Å². The van der Waals surface area contributed by atoms with E-state index in [2.05, 4.69) is 5.32 Å². The molecule has 0 bridgehead atoms. The Bertz CT molecular complexity index is 1110. The van der Waals surface area contributed by atoms with E-state index in [4.69, 9.17) is 4.74 Å². The van der Waals surface area contributed by atoms with Crippen molar-refractivity contribution in [3.8, 4) is 0 Å². The van der Waals surface area contributed by atoms with Crippen molar-refractivity contribution >= 4 is 27.5 Å². The molecule has 0 radical (unpaired) electrons. The van der Waals surface area contributed by atoms with Crippen molar-refractivity contribution in [1.29, 1.82) is 0 Å². The molecule has 2 amide bonds. The van der Waals surface area contributed by atoms with Crippen molar-refractivity contribution < 1.29 is 22.7 Å². The van der Waals surface area contributed by atoms with Gasteiger partial charge in [0, 0.05) is 43.9 Å². The predicted molar refractivity (Wildman–Crippen MR) is 120 cm³/mol. The Hall–Kier alpha value is -2.75. The van der Waals surface area contributed by atoms with E-state index in [1.807, 2.05) is 24.3 Å². The van der Waals surface area contributed by atoms with Crippen LogP contribution in [0.3, 0.4) is 0 Å². The number of anilines is 1. The van der Waals surface area contributed by atoms with Crippen LogP contribution in [0.2, 0.25) is 0 Å². The lowest BCUT2D eigenvalue weighted by Crippen LogP contribution is -2.40. The summed E-state index contributed by atoms with van der Waals surface area (Å²) in [5.41, 5.74) is 2.79. The van der Waals surface area contributed by atoms with Crippen LogP contribution in [0, 0.1) is 6.92 Å². The summed E-state index contributed by atoms with van der Waals surface area (Å²) in [7, 11) is -3.68. The fourth-order valence-corrected chi connectivity index (χ4v) is 5.37. The zero-order valence-electron chi connectivity index (χ0n) is 18.0. The van der Waals surface area contributed by atoms with E-state index < -0.39 is 10.0 Å². The molecule has 2 aromatic rings. The summed E-state index contributed by atoms with van der Waals surface area (Å²) in [5, 5.41) is 2.86. The molecule has 1 N–H and O–H groups in total. The van der Waals surface area contributed by atoms with Crippen LogP contribution >= 0.6 is 0 Å². The van der Waals surface area contributed by atoms with Crippen LogP contribution in [-0.2, 0) is 26.1 Å². The third-order valence-electron chi connectivity index (χ3n) is 5.84. The van der Waals surface area contributed by atoms with Crippen molar-refractivity contribution in [2.45, 2.75) is 31.2 Å². The van der Waals surface area contributed by atoms with E-state index in [1.165, 1.54) is 16.4 Å². The first-order chi connectivity index (χ1) is 15.4. The Morgan fingerprint density at radius 3 is 2.44 bits per heavy atom. The van der Waals surface area contributed by atoms with Gasteiger partial charge >= 0.3 is 0 Å². The number of ether oxygens (including phenoxy) is 1. The summed E-state index contributed by atoms with van der Waals surface area (Å²) in [6, 6.07) is 12.2. The Kier molecular flexibility index (Phi) is 6.59. The summed E-state index contributed by atoms with van der Waals surface area (Å²) in [6.07, 6.45) is 1.45. The van der Waals surface area contributed by atoms with Crippen molar-refractivity contribution in [1.82, 2.24) is 9.62 Å². The molecular formula is C23H27N3O5S. The average molecular weight is 458 g/mol. The maximum absolute atomic E-state index is 12.9. The smallest absolute Gasteiger partial charge is 0.251 e. The highest BCUT2D eigenvalue weighted by atomic mass is 32.2. The lowest BCUT2D eigenvalue weighted by molar-refractivity contribution is -0.117. The number of carbonyl (C=O) groups excluding carboxylic acids is 2. The van der Waals surface area contributed by atoms with Crippen LogP contribution in [0.5, 0.6) is 0 Å². The van der Waals surface area contributed by atoms with Gasteiger partial charge < -0.3 is 15.0 Å². The van der Waals surface area contributed by atoms with Crippen molar-refractivity contribution in [2.75, 3.05) is 37.7 Å². The number of nitrogens with zero attached hydrogens (tertiary/aromatic N) is 2. The number of amides is 2. The van der Waals surface area contributed by atoms with Crippen molar-refractivity contribution in [3.05, 3.63) is 59.2 Å². The molecule has 2 saturated heterocycles. The quantitative estimate of drug-likeness (QED) is 0.717. The molecular weight excluding hydrogens is 430 g/mol. The summed E-state index contributed by atoms with van der Waals surface area (Å²) in [5.74, 6) is -0.200. The standard InChI is InChI=1S/C23H27N3O5S/c1-17-4-9-20(32(29,30)25-11-13-31-14-12-25)15-21(17)23(28)24-16-18-5-7-19(8-6-18)26-10-2-3-22(26)27/h4-9,15H,2-3,10-14,16H2,1H3,(H,24,28). The minimum absolute atomic E-state index is 0.106. The number of hydrogen-bond acceptors (Lipinski definition) is 5. The first kappa shape index (κ1) is 22.4. The highest BCUT2D eigenvalue weighted by molar-refractivity contribution is 7.89. The van der Waals surface area contributed by atoms with Crippen LogP contribution in [-0.4, -0.2) is 57.4 Å². The molecule has 0 spiro atoms. The van der Waals surface area contributed by atoms with Gasteiger partial charge in [-0.25, -0.2) is 8.42 Å². The van der Waals surface area contributed by atoms with Crippen LogP contribution < -0.4 is 10.2 Å². The first-order valence-electron chi connectivity index (χ1n) is 10.7. The van der Waals surface area contributed by atoms with Gasteiger partial charge in [0.15, 0.2) is 0 Å². The molecule has 2 fully saturated rings. The van der Waals surface area contributed by atoms with Gasteiger partial charge in [0.25, 0.3) is 5.91 Å². The predicted octanol–water partition coefficient (Wildman–Crippen LogP) is 2.07. The monoisotopic (exact) mass is 457 g/mol. The van der Waals surface area contributed by atoms with E-state index in [0.29, 0.717) is 50.4 Å². The van der Waals surface area contributed by atoms with Crippen molar-refractivity contribution in [2.24, 2.45) is 0 Å². The second kappa shape index (κ2) is 9.40. The van der Waals surface area contributed by atoms with Crippen LogP contribution in [0.4, 0.5) is 5.69 Å². The molecule has 0 saturated carbocycles. The number of benzene rings is 2. The van der Waals surface area contributed by atoms with Crippen LogP contribution in [0.25, 0.3) is 0 Å². The van der Waals surface area contributed by atoms with Crippen LogP contribution in [0.1, 0.15) is 34.3 Å². The molecule has 0 atom stereocenters. The van der Waals surface area contributed by atoms with Gasteiger partial charge in [-0.15, -0.1) is 0 Å². The Balaban J connectivity index is 1.44. The second-order valence-electron chi connectivity index (χ2n) is 7.99. The minimum atomic E-state index is -3.68. The maximum atomic E-state index is 12.9.